The quantitative estimate of drug-likeness (QED) is 0.849. The number of hydrogen-bond donors (Lipinski definition) is 1. The highest BCUT2D eigenvalue weighted by atomic mass is 32.1. The van der Waals surface area contributed by atoms with E-state index < -0.39 is 0 Å². The van der Waals surface area contributed by atoms with Gasteiger partial charge >= 0.3 is 0 Å². The van der Waals surface area contributed by atoms with Crippen LogP contribution in [0.5, 0.6) is 0 Å². The monoisotopic (exact) mass is 237 g/mol. The predicted octanol–water partition coefficient (Wildman–Crippen LogP) is 3.83. The van der Waals surface area contributed by atoms with Crippen LogP contribution in [0.3, 0.4) is 0 Å². The van der Waals surface area contributed by atoms with Crippen LogP contribution >= 0.6 is 11.3 Å². The van der Waals surface area contributed by atoms with Crippen LogP contribution in [0.2, 0.25) is 0 Å². The molecule has 2 heteroatoms. The van der Waals surface area contributed by atoms with Crippen molar-refractivity contribution in [2.75, 3.05) is 0 Å². The van der Waals surface area contributed by atoms with E-state index in [0.29, 0.717) is 0 Å². The molecule has 0 amide bonds. The van der Waals surface area contributed by atoms with Crippen molar-refractivity contribution >= 4 is 11.3 Å². The van der Waals surface area contributed by atoms with E-state index in [-0.39, 0.29) is 5.54 Å². The first kappa shape index (κ1) is 12.1. The molecule has 1 aliphatic carbocycles. The molecule has 16 heavy (non-hydrogen) atoms. The highest BCUT2D eigenvalue weighted by molar-refractivity contribution is 7.09. The Morgan fingerprint density at radius 3 is 2.62 bits per heavy atom. The molecular weight excluding hydrogens is 214 g/mol. The van der Waals surface area contributed by atoms with Crippen molar-refractivity contribution in [3.63, 3.8) is 0 Å². The average Bonchev–Trinajstić information content (AvgIpc) is 2.70. The Kier molecular flexibility index (Phi) is 3.70. The summed E-state index contributed by atoms with van der Waals surface area (Å²) in [6.45, 7) is 4.68. The lowest BCUT2D eigenvalue weighted by atomic mass is 9.72. The van der Waals surface area contributed by atoms with Gasteiger partial charge in [0, 0.05) is 10.4 Å². The van der Waals surface area contributed by atoms with Crippen LogP contribution in [0.25, 0.3) is 0 Å². The van der Waals surface area contributed by atoms with Gasteiger partial charge in [-0.25, -0.2) is 0 Å². The number of nitrogens with two attached hydrogens (primary N) is 1. The zero-order valence-corrected chi connectivity index (χ0v) is 11.2. The molecule has 1 aromatic rings. The van der Waals surface area contributed by atoms with Gasteiger partial charge in [0.15, 0.2) is 0 Å². The number of thiophene rings is 1. The second kappa shape index (κ2) is 4.89. The molecule has 2 N–H and O–H groups in total. The van der Waals surface area contributed by atoms with Crippen molar-refractivity contribution in [1.82, 2.24) is 0 Å². The summed E-state index contributed by atoms with van der Waals surface area (Å²) >= 11 is 1.84. The smallest absolute Gasteiger partial charge is 0.0203 e. The third kappa shape index (κ3) is 2.86. The molecule has 0 unspecified atom stereocenters. The summed E-state index contributed by atoms with van der Waals surface area (Å²) in [5.74, 6) is 1.73. The molecule has 2 rings (SSSR count). The third-order valence-electron chi connectivity index (χ3n) is 4.08. The highest BCUT2D eigenvalue weighted by Gasteiger charge is 2.32. The summed E-state index contributed by atoms with van der Waals surface area (Å²) < 4.78 is 0. The van der Waals surface area contributed by atoms with Crippen LogP contribution < -0.4 is 5.73 Å². The van der Waals surface area contributed by atoms with Crippen LogP contribution in [0.1, 0.15) is 44.4 Å². The predicted molar refractivity (Wildman–Crippen MR) is 71.7 cm³/mol. The molecule has 90 valence electrons. The molecule has 0 atom stereocenters. The summed E-state index contributed by atoms with van der Waals surface area (Å²) in [5.41, 5.74) is 6.60. The summed E-state index contributed by atoms with van der Waals surface area (Å²) in [4.78, 5) is 1.45. The van der Waals surface area contributed by atoms with Crippen LogP contribution in [0.4, 0.5) is 0 Å². The van der Waals surface area contributed by atoms with Gasteiger partial charge in [-0.15, -0.1) is 11.3 Å². The van der Waals surface area contributed by atoms with E-state index in [1.807, 2.05) is 11.3 Å². The van der Waals surface area contributed by atoms with Gasteiger partial charge in [-0.1, -0.05) is 19.9 Å². The van der Waals surface area contributed by atoms with Crippen molar-refractivity contribution in [3.05, 3.63) is 22.4 Å². The molecule has 1 aliphatic rings. The largest absolute Gasteiger partial charge is 0.325 e. The summed E-state index contributed by atoms with van der Waals surface area (Å²) in [6.07, 6.45) is 6.12. The molecule has 0 bridgehead atoms. The zero-order chi connectivity index (χ0) is 11.6. The van der Waals surface area contributed by atoms with Gasteiger partial charge in [0.25, 0.3) is 0 Å². The Bertz CT molecular complexity index is 307. The maximum Gasteiger partial charge on any atom is 0.0203 e. The minimum absolute atomic E-state index is 0.0796. The van der Waals surface area contributed by atoms with Crippen molar-refractivity contribution in [2.45, 2.75) is 51.5 Å². The topological polar surface area (TPSA) is 26.0 Å². The third-order valence-corrected chi connectivity index (χ3v) is 4.95. The molecule has 0 saturated heterocycles. The molecule has 1 saturated carbocycles. The summed E-state index contributed by atoms with van der Waals surface area (Å²) in [6, 6.07) is 4.34. The Hall–Kier alpha value is -0.340. The van der Waals surface area contributed by atoms with E-state index in [2.05, 4.69) is 31.4 Å². The fraction of sp³-hybridized carbons (Fsp3) is 0.714. The molecule has 1 heterocycles. The Morgan fingerprint density at radius 2 is 2.12 bits per heavy atom. The number of hydrogen-bond acceptors (Lipinski definition) is 2. The van der Waals surface area contributed by atoms with Gasteiger partial charge in [0.05, 0.1) is 0 Å². The van der Waals surface area contributed by atoms with Gasteiger partial charge in [-0.05, 0) is 55.4 Å². The van der Waals surface area contributed by atoms with Crippen molar-refractivity contribution in [3.8, 4) is 0 Å². The van der Waals surface area contributed by atoms with E-state index in [0.717, 1.165) is 18.3 Å². The normalized spacial score (nSPS) is 30.9. The summed E-state index contributed by atoms with van der Waals surface area (Å²) in [5, 5.41) is 2.15. The van der Waals surface area contributed by atoms with Gasteiger partial charge in [-0.2, -0.15) is 0 Å². The van der Waals surface area contributed by atoms with Crippen LogP contribution in [0.15, 0.2) is 17.5 Å². The lowest BCUT2D eigenvalue weighted by Crippen LogP contribution is -2.45. The fourth-order valence-corrected chi connectivity index (χ4v) is 3.68. The van der Waals surface area contributed by atoms with Crippen molar-refractivity contribution < 1.29 is 0 Å². The molecule has 1 nitrogen and oxygen atoms in total. The van der Waals surface area contributed by atoms with Crippen LogP contribution in [-0.4, -0.2) is 5.54 Å². The lowest BCUT2D eigenvalue weighted by molar-refractivity contribution is 0.195. The molecule has 1 fully saturated rings. The maximum absolute atomic E-state index is 6.52. The molecule has 0 aromatic carbocycles. The zero-order valence-electron chi connectivity index (χ0n) is 10.4. The Morgan fingerprint density at radius 1 is 1.44 bits per heavy atom. The van der Waals surface area contributed by atoms with Gasteiger partial charge in [-0.3, -0.25) is 0 Å². The maximum atomic E-state index is 6.52. The average molecular weight is 237 g/mol. The SMILES string of the molecule is CC(C)C1CCC(N)(Cc2cccs2)CC1. The van der Waals surface area contributed by atoms with Crippen molar-refractivity contribution in [1.29, 1.82) is 0 Å². The fourth-order valence-electron chi connectivity index (χ4n) is 2.82. The molecule has 1 aromatic heterocycles. The highest BCUT2D eigenvalue weighted by Crippen LogP contribution is 2.36. The minimum Gasteiger partial charge on any atom is -0.325 e. The Balaban J connectivity index is 1.91. The number of rotatable bonds is 3. The summed E-state index contributed by atoms with van der Waals surface area (Å²) in [7, 11) is 0. The van der Waals surface area contributed by atoms with Gasteiger partial charge < -0.3 is 5.73 Å². The van der Waals surface area contributed by atoms with E-state index in [1.165, 1.54) is 30.6 Å². The van der Waals surface area contributed by atoms with Crippen molar-refractivity contribution in [2.24, 2.45) is 17.6 Å². The molecular formula is C14H23NS. The first-order chi connectivity index (χ1) is 7.59. The van der Waals surface area contributed by atoms with E-state index in [1.54, 1.807) is 0 Å². The van der Waals surface area contributed by atoms with E-state index >= 15 is 0 Å². The second-order valence-electron chi connectivity index (χ2n) is 5.70. The van der Waals surface area contributed by atoms with Crippen LogP contribution in [-0.2, 0) is 6.42 Å². The molecule has 0 spiro atoms. The van der Waals surface area contributed by atoms with E-state index in [4.69, 9.17) is 5.73 Å². The first-order valence-electron chi connectivity index (χ1n) is 6.40. The van der Waals surface area contributed by atoms with Gasteiger partial charge in [0.1, 0.15) is 0 Å². The van der Waals surface area contributed by atoms with Gasteiger partial charge in [0.2, 0.25) is 0 Å². The molecule has 0 radical (unpaired) electrons. The Labute approximate surface area is 103 Å². The molecule has 0 aliphatic heterocycles. The lowest BCUT2D eigenvalue weighted by Gasteiger charge is -2.38. The first-order valence-corrected chi connectivity index (χ1v) is 7.28. The second-order valence-corrected chi connectivity index (χ2v) is 6.73. The standard InChI is InChI=1S/C14H23NS/c1-11(2)12-5-7-14(15,8-6-12)10-13-4-3-9-16-13/h3-4,9,11-12H,5-8,10,15H2,1-2H3. The minimum atomic E-state index is 0.0796. The van der Waals surface area contributed by atoms with E-state index in [9.17, 15) is 0 Å². The van der Waals surface area contributed by atoms with Crippen LogP contribution in [0, 0.1) is 11.8 Å².